The standard InChI is InChI=1S/C19H31NO3/c1-5-7-12-22-14-17-13-16(8-9-18(17)23-6-2)19(21)20-11-10-15(3)4/h8-9,13,15H,5-7,10-12,14H2,1-4H3,(H,20,21). The van der Waals surface area contributed by atoms with E-state index in [1.54, 1.807) is 0 Å². The largest absolute Gasteiger partial charge is 0.494 e. The molecule has 0 aliphatic rings. The normalized spacial score (nSPS) is 10.8. The van der Waals surface area contributed by atoms with E-state index < -0.39 is 0 Å². The summed E-state index contributed by atoms with van der Waals surface area (Å²) in [6, 6.07) is 5.55. The van der Waals surface area contributed by atoms with Crippen molar-refractivity contribution in [3.8, 4) is 5.75 Å². The number of unbranched alkanes of at least 4 members (excludes halogenated alkanes) is 1. The zero-order valence-corrected chi connectivity index (χ0v) is 15.0. The Kier molecular flexibility index (Phi) is 9.37. The predicted octanol–water partition coefficient (Wildman–Crippen LogP) is 4.18. The van der Waals surface area contributed by atoms with E-state index in [-0.39, 0.29) is 5.91 Å². The third kappa shape index (κ3) is 7.51. The Morgan fingerprint density at radius 3 is 2.70 bits per heavy atom. The molecule has 0 aliphatic carbocycles. The van der Waals surface area contributed by atoms with Gasteiger partial charge in [0.15, 0.2) is 0 Å². The average Bonchev–Trinajstić information content (AvgIpc) is 2.52. The molecule has 1 aromatic rings. The van der Waals surface area contributed by atoms with Crippen LogP contribution in [0.2, 0.25) is 0 Å². The number of hydrogen-bond donors (Lipinski definition) is 1. The summed E-state index contributed by atoms with van der Waals surface area (Å²) in [7, 11) is 0. The molecule has 0 spiro atoms. The van der Waals surface area contributed by atoms with Crippen molar-refractivity contribution in [2.24, 2.45) is 5.92 Å². The second kappa shape index (κ2) is 11.1. The maximum Gasteiger partial charge on any atom is 0.251 e. The van der Waals surface area contributed by atoms with E-state index in [0.29, 0.717) is 31.2 Å². The van der Waals surface area contributed by atoms with Crippen LogP contribution in [0.25, 0.3) is 0 Å². The van der Waals surface area contributed by atoms with Gasteiger partial charge in [0.1, 0.15) is 5.75 Å². The molecule has 130 valence electrons. The molecule has 4 heteroatoms. The fourth-order valence-corrected chi connectivity index (χ4v) is 2.13. The van der Waals surface area contributed by atoms with Crippen molar-refractivity contribution in [2.45, 2.75) is 53.6 Å². The average molecular weight is 321 g/mol. The number of hydrogen-bond acceptors (Lipinski definition) is 3. The van der Waals surface area contributed by atoms with Gasteiger partial charge in [0.25, 0.3) is 5.91 Å². The molecule has 1 N–H and O–H groups in total. The molecule has 0 fully saturated rings. The molecule has 4 nitrogen and oxygen atoms in total. The third-order valence-electron chi connectivity index (χ3n) is 3.53. The summed E-state index contributed by atoms with van der Waals surface area (Å²) < 4.78 is 11.3. The molecule has 0 aliphatic heterocycles. The van der Waals surface area contributed by atoms with E-state index in [1.807, 2.05) is 25.1 Å². The van der Waals surface area contributed by atoms with Crippen molar-refractivity contribution in [1.82, 2.24) is 5.32 Å². The molecule has 0 atom stereocenters. The van der Waals surface area contributed by atoms with E-state index in [4.69, 9.17) is 9.47 Å². The molecule has 0 heterocycles. The first-order valence-electron chi connectivity index (χ1n) is 8.70. The minimum absolute atomic E-state index is 0.0384. The van der Waals surface area contributed by atoms with Gasteiger partial charge in [-0.1, -0.05) is 27.2 Å². The van der Waals surface area contributed by atoms with Gasteiger partial charge < -0.3 is 14.8 Å². The van der Waals surface area contributed by atoms with Crippen LogP contribution in [0.15, 0.2) is 18.2 Å². The Hall–Kier alpha value is -1.55. The lowest BCUT2D eigenvalue weighted by Gasteiger charge is -2.13. The summed E-state index contributed by atoms with van der Waals surface area (Å²) in [5, 5.41) is 2.96. The topological polar surface area (TPSA) is 47.6 Å². The molecule has 0 saturated carbocycles. The third-order valence-corrected chi connectivity index (χ3v) is 3.53. The highest BCUT2D eigenvalue weighted by atomic mass is 16.5. The molecule has 1 rings (SSSR count). The minimum atomic E-state index is -0.0384. The van der Waals surface area contributed by atoms with Crippen molar-refractivity contribution in [1.29, 1.82) is 0 Å². The summed E-state index contributed by atoms with van der Waals surface area (Å²) in [5.41, 5.74) is 1.59. The van der Waals surface area contributed by atoms with Crippen molar-refractivity contribution in [2.75, 3.05) is 19.8 Å². The molecule has 1 amide bonds. The maximum absolute atomic E-state index is 12.2. The van der Waals surface area contributed by atoms with Crippen molar-refractivity contribution in [3.05, 3.63) is 29.3 Å². The first-order chi connectivity index (χ1) is 11.1. The summed E-state index contributed by atoms with van der Waals surface area (Å²) in [4.78, 5) is 12.2. The Bertz CT molecular complexity index is 472. The van der Waals surface area contributed by atoms with Gasteiger partial charge in [0.05, 0.1) is 13.2 Å². The van der Waals surface area contributed by atoms with Gasteiger partial charge >= 0.3 is 0 Å². The van der Waals surface area contributed by atoms with Gasteiger partial charge in [0.2, 0.25) is 0 Å². The Morgan fingerprint density at radius 2 is 2.04 bits per heavy atom. The number of carbonyl (C=O) groups excluding carboxylic acids is 1. The predicted molar refractivity (Wildman–Crippen MR) is 94.0 cm³/mol. The number of ether oxygens (including phenoxy) is 2. The first-order valence-corrected chi connectivity index (χ1v) is 8.70. The van der Waals surface area contributed by atoms with Gasteiger partial charge in [-0.05, 0) is 43.9 Å². The van der Waals surface area contributed by atoms with E-state index >= 15 is 0 Å². The highest BCUT2D eigenvalue weighted by Gasteiger charge is 2.11. The molecule has 0 bridgehead atoms. The van der Waals surface area contributed by atoms with Crippen LogP contribution in [0.4, 0.5) is 0 Å². The molecular weight excluding hydrogens is 290 g/mol. The van der Waals surface area contributed by atoms with Crippen LogP contribution >= 0.6 is 0 Å². The fourth-order valence-electron chi connectivity index (χ4n) is 2.13. The number of benzene rings is 1. The molecule has 0 saturated heterocycles. The fraction of sp³-hybridized carbons (Fsp3) is 0.632. The zero-order valence-electron chi connectivity index (χ0n) is 15.0. The Morgan fingerprint density at radius 1 is 1.26 bits per heavy atom. The molecule has 23 heavy (non-hydrogen) atoms. The van der Waals surface area contributed by atoms with Gasteiger partial charge in [-0.15, -0.1) is 0 Å². The molecule has 0 radical (unpaired) electrons. The zero-order chi connectivity index (χ0) is 17.1. The Labute approximate surface area is 140 Å². The first kappa shape index (κ1) is 19.5. The second-order valence-corrected chi connectivity index (χ2v) is 6.10. The summed E-state index contributed by atoms with van der Waals surface area (Å²) in [5.74, 6) is 1.34. The van der Waals surface area contributed by atoms with Crippen molar-refractivity contribution < 1.29 is 14.3 Å². The van der Waals surface area contributed by atoms with Crippen molar-refractivity contribution in [3.63, 3.8) is 0 Å². The lowest BCUT2D eigenvalue weighted by molar-refractivity contribution is 0.0950. The number of nitrogens with one attached hydrogen (secondary N) is 1. The van der Waals surface area contributed by atoms with Gasteiger partial charge in [-0.25, -0.2) is 0 Å². The van der Waals surface area contributed by atoms with Gasteiger partial charge in [-0.2, -0.15) is 0 Å². The van der Waals surface area contributed by atoms with Crippen LogP contribution < -0.4 is 10.1 Å². The monoisotopic (exact) mass is 321 g/mol. The van der Waals surface area contributed by atoms with Crippen LogP contribution in [-0.4, -0.2) is 25.7 Å². The number of carbonyl (C=O) groups is 1. The maximum atomic E-state index is 12.2. The summed E-state index contributed by atoms with van der Waals surface area (Å²) >= 11 is 0. The number of amides is 1. The van der Waals surface area contributed by atoms with Crippen molar-refractivity contribution >= 4 is 5.91 Å². The SMILES string of the molecule is CCCCOCc1cc(C(=O)NCCC(C)C)ccc1OCC. The summed E-state index contributed by atoms with van der Waals surface area (Å²) in [6.07, 6.45) is 3.13. The van der Waals surface area contributed by atoms with Crippen LogP contribution in [0, 0.1) is 5.92 Å². The quantitative estimate of drug-likeness (QED) is 0.622. The molecular formula is C19H31NO3. The van der Waals surface area contributed by atoms with Crippen LogP contribution in [0.5, 0.6) is 5.75 Å². The highest BCUT2D eigenvalue weighted by Crippen LogP contribution is 2.21. The number of rotatable bonds is 11. The van der Waals surface area contributed by atoms with Gasteiger partial charge in [-0.3, -0.25) is 4.79 Å². The Balaban J connectivity index is 2.70. The van der Waals surface area contributed by atoms with E-state index in [2.05, 4.69) is 26.1 Å². The van der Waals surface area contributed by atoms with E-state index in [9.17, 15) is 4.79 Å². The lowest BCUT2D eigenvalue weighted by Crippen LogP contribution is -2.25. The van der Waals surface area contributed by atoms with E-state index in [1.165, 1.54) is 0 Å². The van der Waals surface area contributed by atoms with Crippen LogP contribution in [-0.2, 0) is 11.3 Å². The minimum Gasteiger partial charge on any atom is -0.494 e. The smallest absolute Gasteiger partial charge is 0.251 e. The van der Waals surface area contributed by atoms with Crippen LogP contribution in [0.3, 0.4) is 0 Å². The molecule has 1 aromatic carbocycles. The summed E-state index contributed by atoms with van der Waals surface area (Å²) in [6.45, 7) is 10.9. The highest BCUT2D eigenvalue weighted by molar-refractivity contribution is 5.94. The lowest BCUT2D eigenvalue weighted by atomic mass is 10.1. The second-order valence-electron chi connectivity index (χ2n) is 6.10. The van der Waals surface area contributed by atoms with Gasteiger partial charge in [0, 0.05) is 24.3 Å². The molecule has 0 aromatic heterocycles. The molecule has 0 unspecified atom stereocenters. The van der Waals surface area contributed by atoms with E-state index in [0.717, 1.165) is 37.2 Å². The van der Waals surface area contributed by atoms with Crippen LogP contribution in [0.1, 0.15) is 62.9 Å².